The third kappa shape index (κ3) is 3.50. The second-order valence-corrected chi connectivity index (χ2v) is 3.62. The molecule has 16 heavy (non-hydrogen) atoms. The van der Waals surface area contributed by atoms with Gasteiger partial charge in [-0.15, -0.1) is 0 Å². The van der Waals surface area contributed by atoms with Gasteiger partial charge in [0, 0.05) is 6.54 Å². The van der Waals surface area contributed by atoms with Crippen LogP contribution in [0.3, 0.4) is 0 Å². The molecule has 0 aliphatic heterocycles. The fourth-order valence-corrected chi connectivity index (χ4v) is 1.47. The number of benzene rings is 2. The average Bonchev–Trinajstić information content (AvgIpc) is 2.37. The van der Waals surface area contributed by atoms with Crippen LogP contribution in [-0.4, -0.2) is 0 Å². The van der Waals surface area contributed by atoms with Gasteiger partial charge >= 0.3 is 0 Å². The Morgan fingerprint density at radius 3 is 1.94 bits per heavy atom. The SMILES string of the molecule is c1ccc(C[N]NCc2ccccc2)cc1. The van der Waals surface area contributed by atoms with Crippen molar-refractivity contribution in [3.05, 3.63) is 71.8 Å². The van der Waals surface area contributed by atoms with Crippen molar-refractivity contribution in [2.45, 2.75) is 13.1 Å². The van der Waals surface area contributed by atoms with E-state index in [2.05, 4.69) is 35.1 Å². The van der Waals surface area contributed by atoms with E-state index in [4.69, 9.17) is 0 Å². The molecular formula is C14H15N2. The summed E-state index contributed by atoms with van der Waals surface area (Å²) in [5, 5.41) is 0. The first-order chi connectivity index (χ1) is 7.95. The van der Waals surface area contributed by atoms with Gasteiger partial charge in [-0.2, -0.15) is 5.43 Å². The van der Waals surface area contributed by atoms with E-state index in [0.717, 1.165) is 6.54 Å². The van der Waals surface area contributed by atoms with Crippen molar-refractivity contribution in [2.75, 3.05) is 0 Å². The molecule has 1 radical (unpaired) electrons. The topological polar surface area (TPSA) is 26.1 Å². The summed E-state index contributed by atoms with van der Waals surface area (Å²) in [4.78, 5) is 0. The zero-order valence-corrected chi connectivity index (χ0v) is 9.13. The van der Waals surface area contributed by atoms with Gasteiger partial charge in [-0.05, 0) is 11.1 Å². The lowest BCUT2D eigenvalue weighted by molar-refractivity contribution is 0.516. The van der Waals surface area contributed by atoms with Gasteiger partial charge in [0.05, 0.1) is 6.54 Å². The summed E-state index contributed by atoms with van der Waals surface area (Å²) in [7, 11) is 0. The molecule has 2 rings (SSSR count). The van der Waals surface area contributed by atoms with E-state index in [9.17, 15) is 0 Å². The molecule has 2 aromatic rings. The Morgan fingerprint density at radius 2 is 1.31 bits per heavy atom. The molecule has 0 unspecified atom stereocenters. The first-order valence-corrected chi connectivity index (χ1v) is 5.42. The number of nitrogens with one attached hydrogen (secondary N) is 1. The minimum atomic E-state index is 0.716. The third-order valence-electron chi connectivity index (χ3n) is 2.34. The van der Waals surface area contributed by atoms with E-state index in [1.54, 1.807) is 0 Å². The molecule has 0 aliphatic carbocycles. The summed E-state index contributed by atoms with van der Waals surface area (Å²) in [6.45, 7) is 1.50. The van der Waals surface area contributed by atoms with E-state index >= 15 is 0 Å². The van der Waals surface area contributed by atoms with Gasteiger partial charge in [0.15, 0.2) is 0 Å². The molecule has 2 aromatic carbocycles. The normalized spacial score (nSPS) is 10.2. The number of rotatable bonds is 5. The van der Waals surface area contributed by atoms with Crippen molar-refractivity contribution >= 4 is 0 Å². The standard InChI is InChI=1S/C14H15N2/c1-3-7-13(8-4-1)11-15-16-12-14-9-5-2-6-10-14/h1-10,15H,11-12H2. The van der Waals surface area contributed by atoms with Crippen LogP contribution in [0.5, 0.6) is 0 Å². The Hall–Kier alpha value is -1.64. The Balaban J connectivity index is 1.70. The van der Waals surface area contributed by atoms with Crippen molar-refractivity contribution in [3.63, 3.8) is 0 Å². The fourth-order valence-electron chi connectivity index (χ4n) is 1.47. The second-order valence-electron chi connectivity index (χ2n) is 3.62. The summed E-state index contributed by atoms with van der Waals surface area (Å²) >= 11 is 0. The van der Waals surface area contributed by atoms with Crippen LogP contribution in [0.4, 0.5) is 0 Å². The number of nitrogens with zero attached hydrogens (tertiary/aromatic N) is 1. The molecule has 0 heterocycles. The summed E-state index contributed by atoms with van der Waals surface area (Å²) < 4.78 is 0. The number of hydrogen-bond donors (Lipinski definition) is 1. The summed E-state index contributed by atoms with van der Waals surface area (Å²) in [5.74, 6) is 0. The molecule has 0 aliphatic rings. The molecule has 0 amide bonds. The smallest absolute Gasteiger partial charge is 0.0554 e. The van der Waals surface area contributed by atoms with Crippen molar-refractivity contribution in [3.8, 4) is 0 Å². The molecule has 81 valence electrons. The van der Waals surface area contributed by atoms with E-state index in [1.807, 2.05) is 36.4 Å². The lowest BCUT2D eigenvalue weighted by Crippen LogP contribution is -2.23. The predicted molar refractivity (Wildman–Crippen MR) is 65.6 cm³/mol. The van der Waals surface area contributed by atoms with Gasteiger partial charge in [0.1, 0.15) is 0 Å². The molecule has 0 aromatic heterocycles. The summed E-state index contributed by atoms with van der Waals surface area (Å²) in [6.07, 6.45) is 0. The van der Waals surface area contributed by atoms with E-state index in [1.165, 1.54) is 11.1 Å². The van der Waals surface area contributed by atoms with Crippen LogP contribution in [0.15, 0.2) is 60.7 Å². The van der Waals surface area contributed by atoms with Crippen LogP contribution in [-0.2, 0) is 13.1 Å². The highest BCUT2D eigenvalue weighted by molar-refractivity contribution is 5.15. The van der Waals surface area contributed by atoms with Gasteiger partial charge in [0.2, 0.25) is 0 Å². The summed E-state index contributed by atoms with van der Waals surface area (Å²) in [6, 6.07) is 20.5. The molecule has 2 heteroatoms. The van der Waals surface area contributed by atoms with E-state index < -0.39 is 0 Å². The average molecular weight is 211 g/mol. The Kier molecular flexibility index (Phi) is 4.11. The molecule has 0 spiro atoms. The van der Waals surface area contributed by atoms with Gasteiger partial charge in [-0.1, -0.05) is 60.7 Å². The molecule has 2 nitrogen and oxygen atoms in total. The summed E-state index contributed by atoms with van der Waals surface area (Å²) in [5.41, 5.74) is 9.84. The highest BCUT2D eigenvalue weighted by Gasteiger charge is 1.92. The van der Waals surface area contributed by atoms with E-state index in [-0.39, 0.29) is 0 Å². The predicted octanol–water partition coefficient (Wildman–Crippen LogP) is 2.50. The first-order valence-electron chi connectivity index (χ1n) is 5.42. The Bertz CT molecular complexity index is 356. The molecule has 0 fully saturated rings. The number of hydrogen-bond acceptors (Lipinski definition) is 1. The van der Waals surface area contributed by atoms with Crippen molar-refractivity contribution in [1.82, 2.24) is 10.9 Å². The third-order valence-corrected chi connectivity index (χ3v) is 2.34. The van der Waals surface area contributed by atoms with Crippen LogP contribution < -0.4 is 10.9 Å². The van der Waals surface area contributed by atoms with Crippen molar-refractivity contribution in [2.24, 2.45) is 0 Å². The quantitative estimate of drug-likeness (QED) is 0.597. The van der Waals surface area contributed by atoms with E-state index in [0.29, 0.717) is 6.54 Å². The lowest BCUT2D eigenvalue weighted by Gasteiger charge is -2.04. The Labute approximate surface area is 96.3 Å². The molecule has 0 atom stereocenters. The fraction of sp³-hybridized carbons (Fsp3) is 0.143. The zero-order valence-electron chi connectivity index (χ0n) is 9.13. The molecular weight excluding hydrogens is 196 g/mol. The maximum absolute atomic E-state index is 4.29. The minimum absolute atomic E-state index is 0.716. The highest BCUT2D eigenvalue weighted by atomic mass is 15.3. The largest absolute Gasteiger partial charge is 0.235 e. The van der Waals surface area contributed by atoms with Crippen LogP contribution in [0.1, 0.15) is 11.1 Å². The van der Waals surface area contributed by atoms with Crippen molar-refractivity contribution in [1.29, 1.82) is 0 Å². The van der Waals surface area contributed by atoms with Gasteiger partial charge in [-0.25, -0.2) is 5.43 Å². The lowest BCUT2D eigenvalue weighted by atomic mass is 10.2. The van der Waals surface area contributed by atoms with Gasteiger partial charge < -0.3 is 0 Å². The van der Waals surface area contributed by atoms with Crippen molar-refractivity contribution < 1.29 is 0 Å². The minimum Gasteiger partial charge on any atom is -0.235 e. The monoisotopic (exact) mass is 211 g/mol. The second kappa shape index (κ2) is 6.05. The zero-order chi connectivity index (χ0) is 11.1. The molecule has 0 saturated carbocycles. The van der Waals surface area contributed by atoms with Gasteiger partial charge in [-0.3, -0.25) is 0 Å². The first kappa shape index (κ1) is 10.9. The Morgan fingerprint density at radius 1 is 0.750 bits per heavy atom. The molecule has 1 N–H and O–H groups in total. The van der Waals surface area contributed by atoms with Gasteiger partial charge in [0.25, 0.3) is 0 Å². The van der Waals surface area contributed by atoms with Crippen LogP contribution in [0.25, 0.3) is 0 Å². The maximum atomic E-state index is 4.29. The molecule has 0 bridgehead atoms. The molecule has 0 saturated heterocycles. The highest BCUT2D eigenvalue weighted by Crippen LogP contribution is 1.98. The van der Waals surface area contributed by atoms with Crippen LogP contribution in [0.2, 0.25) is 0 Å². The van der Waals surface area contributed by atoms with Crippen LogP contribution in [0, 0.1) is 0 Å². The van der Waals surface area contributed by atoms with Crippen LogP contribution >= 0.6 is 0 Å². The maximum Gasteiger partial charge on any atom is 0.0554 e.